The van der Waals surface area contributed by atoms with Crippen LogP contribution in [0.15, 0.2) is 0 Å². The van der Waals surface area contributed by atoms with Crippen LogP contribution in [0.1, 0.15) is 38.5 Å². The molecule has 0 saturated heterocycles. The highest BCUT2D eigenvalue weighted by Gasteiger charge is 2.23. The molecule has 0 unspecified atom stereocenters. The van der Waals surface area contributed by atoms with Crippen LogP contribution in [0.5, 0.6) is 0 Å². The van der Waals surface area contributed by atoms with E-state index in [1.165, 1.54) is 32.1 Å². The second-order valence-corrected chi connectivity index (χ2v) is 7.19. The van der Waals surface area contributed by atoms with Crippen LogP contribution in [0.4, 0.5) is 0 Å². The molecule has 1 saturated carbocycles. The molecule has 1 aliphatic carbocycles. The highest BCUT2D eigenvalue weighted by Crippen LogP contribution is 2.28. The Hall–Kier alpha value is 0.137. The van der Waals surface area contributed by atoms with E-state index in [-0.39, 0.29) is 0 Å². The molecule has 0 spiro atoms. The van der Waals surface area contributed by atoms with Gasteiger partial charge in [-0.15, -0.1) is 0 Å². The maximum atomic E-state index is 9.24. The Labute approximate surface area is 75.9 Å². The third-order valence-corrected chi connectivity index (χ3v) is 3.99. The van der Waals surface area contributed by atoms with Crippen LogP contribution in [0, 0.1) is 5.92 Å². The average molecular weight is 188 g/mol. The molecule has 0 amide bonds. The summed E-state index contributed by atoms with van der Waals surface area (Å²) in [6, 6.07) is 0.664. The minimum absolute atomic E-state index is 0.664. The van der Waals surface area contributed by atoms with Gasteiger partial charge in [-0.1, -0.05) is 32.1 Å². The van der Waals surface area contributed by atoms with E-state index < -0.39 is 8.56 Å². The summed E-state index contributed by atoms with van der Waals surface area (Å²) in [5.41, 5.74) is 0. The first-order valence-electron chi connectivity index (χ1n) is 5.03. The van der Waals surface area contributed by atoms with Crippen LogP contribution >= 0.6 is 0 Å². The fraction of sp³-hybridized carbons (Fsp3) is 1.00. The van der Waals surface area contributed by atoms with Crippen LogP contribution in [0.3, 0.4) is 0 Å². The average Bonchev–Trinajstić information content (AvgIpc) is 2.02. The Balaban J connectivity index is 2.13. The molecular weight excluding hydrogens is 168 g/mol. The third kappa shape index (κ3) is 4.23. The van der Waals surface area contributed by atoms with Crippen molar-refractivity contribution in [3.63, 3.8) is 0 Å². The lowest BCUT2D eigenvalue weighted by Gasteiger charge is -2.23. The summed E-state index contributed by atoms with van der Waals surface area (Å²) in [5, 5.41) is 0. The molecule has 0 aromatic rings. The van der Waals surface area contributed by atoms with E-state index in [0.29, 0.717) is 6.04 Å². The van der Waals surface area contributed by atoms with Gasteiger partial charge in [-0.05, 0) is 24.9 Å². The van der Waals surface area contributed by atoms with E-state index in [1.54, 1.807) is 6.55 Å². The van der Waals surface area contributed by atoms with Crippen LogP contribution in [0.25, 0.3) is 0 Å². The van der Waals surface area contributed by atoms with Gasteiger partial charge in [-0.3, -0.25) is 0 Å². The summed E-state index contributed by atoms with van der Waals surface area (Å²) in [6.07, 6.45) is 7.73. The highest BCUT2D eigenvalue weighted by molar-refractivity contribution is 6.63. The minimum atomic E-state index is -2.74. The van der Waals surface area contributed by atoms with Gasteiger partial charge < -0.3 is 9.59 Å². The van der Waals surface area contributed by atoms with E-state index >= 15 is 0 Å². The van der Waals surface area contributed by atoms with Gasteiger partial charge in [0.25, 0.3) is 0 Å². The SMILES string of the molecule is C[Si](O)(O)CCC1CCCCC1. The third-order valence-electron chi connectivity index (χ3n) is 2.75. The summed E-state index contributed by atoms with van der Waals surface area (Å²) in [5.74, 6) is 0.782. The molecule has 3 heteroatoms. The standard InChI is InChI=1S/C9H20O2Si/c1-12(10,11)8-7-9-5-3-2-4-6-9/h9-11H,2-8H2,1H3. The van der Waals surface area contributed by atoms with Crippen molar-refractivity contribution < 1.29 is 9.59 Å². The van der Waals surface area contributed by atoms with Gasteiger partial charge in [0.15, 0.2) is 0 Å². The largest absolute Gasteiger partial charge is 0.411 e. The van der Waals surface area contributed by atoms with Crippen molar-refractivity contribution >= 4 is 8.56 Å². The van der Waals surface area contributed by atoms with Gasteiger partial charge in [-0.25, -0.2) is 0 Å². The van der Waals surface area contributed by atoms with E-state index in [2.05, 4.69) is 0 Å². The second kappa shape index (κ2) is 4.39. The summed E-state index contributed by atoms with van der Waals surface area (Å²) < 4.78 is 0. The Morgan fingerprint density at radius 1 is 1.17 bits per heavy atom. The predicted octanol–water partition coefficient (Wildman–Crippen LogP) is 2.01. The van der Waals surface area contributed by atoms with E-state index in [4.69, 9.17) is 0 Å². The molecule has 0 aromatic heterocycles. The van der Waals surface area contributed by atoms with E-state index in [0.717, 1.165) is 12.3 Å². The molecule has 1 aliphatic rings. The van der Waals surface area contributed by atoms with Gasteiger partial charge in [-0.2, -0.15) is 0 Å². The van der Waals surface area contributed by atoms with Gasteiger partial charge in [0.1, 0.15) is 0 Å². The lowest BCUT2D eigenvalue weighted by atomic mass is 9.88. The maximum Gasteiger partial charge on any atom is 0.329 e. The zero-order chi connectivity index (χ0) is 9.03. The molecule has 72 valence electrons. The summed E-state index contributed by atoms with van der Waals surface area (Å²) in [6.45, 7) is 1.61. The van der Waals surface area contributed by atoms with Gasteiger partial charge in [0.2, 0.25) is 0 Å². The van der Waals surface area contributed by atoms with Crippen molar-refractivity contribution in [2.75, 3.05) is 0 Å². The van der Waals surface area contributed by atoms with Crippen molar-refractivity contribution in [2.24, 2.45) is 5.92 Å². The lowest BCUT2D eigenvalue weighted by molar-refractivity contribution is 0.321. The topological polar surface area (TPSA) is 40.5 Å². The molecule has 2 nitrogen and oxygen atoms in total. The Morgan fingerprint density at radius 2 is 1.75 bits per heavy atom. The van der Waals surface area contributed by atoms with Crippen LogP contribution in [-0.2, 0) is 0 Å². The monoisotopic (exact) mass is 188 g/mol. The van der Waals surface area contributed by atoms with Crippen LogP contribution in [-0.4, -0.2) is 18.2 Å². The Morgan fingerprint density at radius 3 is 2.25 bits per heavy atom. The molecular formula is C9H20O2Si. The number of hydrogen-bond acceptors (Lipinski definition) is 2. The molecule has 0 aliphatic heterocycles. The van der Waals surface area contributed by atoms with Gasteiger partial charge >= 0.3 is 8.56 Å². The molecule has 1 fully saturated rings. The Kier molecular flexibility index (Phi) is 3.74. The molecule has 0 aromatic carbocycles. The Bertz CT molecular complexity index is 125. The van der Waals surface area contributed by atoms with Crippen molar-refractivity contribution in [3.05, 3.63) is 0 Å². The van der Waals surface area contributed by atoms with Crippen LogP contribution < -0.4 is 0 Å². The minimum Gasteiger partial charge on any atom is -0.411 e. The van der Waals surface area contributed by atoms with Crippen molar-refractivity contribution in [3.8, 4) is 0 Å². The number of rotatable bonds is 3. The van der Waals surface area contributed by atoms with E-state index in [9.17, 15) is 9.59 Å². The highest BCUT2D eigenvalue weighted by atomic mass is 28.4. The van der Waals surface area contributed by atoms with E-state index in [1.807, 2.05) is 0 Å². The summed E-state index contributed by atoms with van der Waals surface area (Å²) >= 11 is 0. The molecule has 12 heavy (non-hydrogen) atoms. The fourth-order valence-electron chi connectivity index (χ4n) is 1.95. The van der Waals surface area contributed by atoms with Crippen molar-refractivity contribution in [2.45, 2.75) is 51.1 Å². The first kappa shape index (κ1) is 10.2. The molecule has 0 bridgehead atoms. The normalized spacial score (nSPS) is 21.2. The van der Waals surface area contributed by atoms with Crippen molar-refractivity contribution in [1.82, 2.24) is 0 Å². The first-order chi connectivity index (χ1) is 5.58. The van der Waals surface area contributed by atoms with Crippen molar-refractivity contribution in [1.29, 1.82) is 0 Å². The van der Waals surface area contributed by atoms with Crippen LogP contribution in [0.2, 0.25) is 12.6 Å². The maximum absolute atomic E-state index is 9.24. The quantitative estimate of drug-likeness (QED) is 0.665. The zero-order valence-corrected chi connectivity index (χ0v) is 8.92. The fourth-order valence-corrected chi connectivity index (χ4v) is 2.91. The molecule has 1 rings (SSSR count). The summed E-state index contributed by atoms with van der Waals surface area (Å²) in [4.78, 5) is 18.5. The van der Waals surface area contributed by atoms with Gasteiger partial charge in [0.05, 0.1) is 0 Å². The smallest absolute Gasteiger partial charge is 0.329 e. The first-order valence-corrected chi connectivity index (χ1v) is 7.63. The predicted molar refractivity (Wildman–Crippen MR) is 52.1 cm³/mol. The van der Waals surface area contributed by atoms with Gasteiger partial charge in [0, 0.05) is 0 Å². The second-order valence-electron chi connectivity index (χ2n) is 4.26. The molecule has 0 atom stereocenters. The molecule has 2 N–H and O–H groups in total. The summed E-state index contributed by atoms with van der Waals surface area (Å²) in [7, 11) is -2.74. The molecule has 0 radical (unpaired) electrons. The lowest BCUT2D eigenvalue weighted by Crippen LogP contribution is -2.30. The zero-order valence-electron chi connectivity index (χ0n) is 7.92. The number of hydrogen-bond donors (Lipinski definition) is 2. The molecule has 0 heterocycles.